The number of ether oxygens (including phenoxy) is 1. The van der Waals surface area contributed by atoms with E-state index in [2.05, 4.69) is 38.7 Å². The van der Waals surface area contributed by atoms with Crippen molar-refractivity contribution in [3.05, 3.63) is 47.1 Å². The van der Waals surface area contributed by atoms with E-state index >= 15 is 0 Å². The van der Waals surface area contributed by atoms with Crippen molar-refractivity contribution in [2.45, 2.75) is 97.5 Å². The lowest BCUT2D eigenvalue weighted by Gasteiger charge is -2.21. The second kappa shape index (κ2) is 12.8. The molecule has 29 heavy (non-hydrogen) atoms. The van der Waals surface area contributed by atoms with Gasteiger partial charge >= 0.3 is 5.97 Å². The summed E-state index contributed by atoms with van der Waals surface area (Å²) in [6.07, 6.45) is 16.0. The Morgan fingerprint density at radius 2 is 1.76 bits per heavy atom. The summed E-state index contributed by atoms with van der Waals surface area (Å²) >= 11 is 0. The van der Waals surface area contributed by atoms with Crippen LogP contribution in [0.1, 0.15) is 91.9 Å². The highest BCUT2D eigenvalue weighted by atomic mass is 16.5. The van der Waals surface area contributed by atoms with Gasteiger partial charge in [0.1, 0.15) is 0 Å². The molecular weight excluding hydrogens is 360 g/mol. The van der Waals surface area contributed by atoms with E-state index < -0.39 is 5.60 Å². The van der Waals surface area contributed by atoms with Crippen molar-refractivity contribution in [3.8, 4) is 0 Å². The van der Waals surface area contributed by atoms with Crippen molar-refractivity contribution in [2.75, 3.05) is 7.11 Å². The second-order valence-electron chi connectivity index (χ2n) is 9.19. The first-order valence-corrected chi connectivity index (χ1v) is 11.1. The van der Waals surface area contributed by atoms with Gasteiger partial charge in [0.25, 0.3) is 0 Å². The molecule has 0 fully saturated rings. The van der Waals surface area contributed by atoms with Gasteiger partial charge in [-0.05, 0) is 97.8 Å². The van der Waals surface area contributed by atoms with Gasteiger partial charge in [-0.3, -0.25) is 0 Å². The second-order valence-corrected chi connectivity index (χ2v) is 9.19. The minimum Gasteiger partial charge on any atom is -0.466 e. The fourth-order valence-corrected chi connectivity index (χ4v) is 3.77. The van der Waals surface area contributed by atoms with E-state index in [4.69, 9.17) is 4.74 Å². The lowest BCUT2D eigenvalue weighted by Crippen LogP contribution is -2.18. The number of allylic oxidation sites excluding steroid dienone is 6. The van der Waals surface area contributed by atoms with Crippen molar-refractivity contribution >= 4 is 5.97 Å². The molecule has 0 radical (unpaired) electrons. The zero-order chi connectivity index (χ0) is 21.9. The largest absolute Gasteiger partial charge is 0.466 e. The summed E-state index contributed by atoms with van der Waals surface area (Å²) in [5.41, 5.74) is 4.18. The highest BCUT2D eigenvalue weighted by molar-refractivity contribution is 5.88. The number of esters is 1. The molecule has 0 saturated carbocycles. The summed E-state index contributed by atoms with van der Waals surface area (Å²) in [6, 6.07) is 0. The Labute approximate surface area is 178 Å². The first-order chi connectivity index (χ1) is 13.6. The molecule has 1 N–H and O–H groups in total. The molecule has 0 unspecified atom stereocenters. The van der Waals surface area contributed by atoms with Crippen LogP contribution in [0.3, 0.4) is 0 Å². The quantitative estimate of drug-likeness (QED) is 0.391. The molecule has 1 aliphatic carbocycles. The van der Waals surface area contributed by atoms with Crippen LogP contribution in [-0.4, -0.2) is 23.8 Å². The summed E-state index contributed by atoms with van der Waals surface area (Å²) < 4.78 is 5.01. The topological polar surface area (TPSA) is 46.5 Å². The first-order valence-electron chi connectivity index (χ1n) is 11.1. The predicted molar refractivity (Wildman–Crippen MR) is 123 cm³/mol. The van der Waals surface area contributed by atoms with Crippen LogP contribution in [-0.2, 0) is 9.53 Å². The van der Waals surface area contributed by atoms with Gasteiger partial charge in [0.2, 0.25) is 0 Å². The summed E-state index contributed by atoms with van der Waals surface area (Å²) in [5, 5.41) is 9.97. The monoisotopic (exact) mass is 402 g/mol. The highest BCUT2D eigenvalue weighted by Gasteiger charge is 2.17. The molecule has 1 atom stereocenters. The number of hydrogen-bond donors (Lipinski definition) is 1. The van der Waals surface area contributed by atoms with Crippen molar-refractivity contribution in [2.24, 2.45) is 5.92 Å². The van der Waals surface area contributed by atoms with Crippen LogP contribution in [0.2, 0.25) is 0 Å². The molecule has 3 heteroatoms. The molecule has 0 amide bonds. The third-order valence-corrected chi connectivity index (χ3v) is 5.79. The third-order valence-electron chi connectivity index (χ3n) is 5.79. The maximum Gasteiger partial charge on any atom is 0.333 e. The molecule has 3 nitrogen and oxygen atoms in total. The molecule has 0 bridgehead atoms. The van der Waals surface area contributed by atoms with E-state index in [0.29, 0.717) is 5.92 Å². The molecule has 0 aromatic carbocycles. The molecule has 0 aromatic heterocycles. The maximum absolute atomic E-state index is 12.2. The molecule has 0 aliphatic heterocycles. The van der Waals surface area contributed by atoms with Gasteiger partial charge in [-0.1, -0.05) is 41.5 Å². The van der Waals surface area contributed by atoms with Crippen molar-refractivity contribution in [3.63, 3.8) is 0 Å². The smallest absolute Gasteiger partial charge is 0.333 e. The van der Waals surface area contributed by atoms with Crippen LogP contribution in [0.4, 0.5) is 0 Å². The van der Waals surface area contributed by atoms with E-state index in [1.165, 1.54) is 23.8 Å². The summed E-state index contributed by atoms with van der Waals surface area (Å²) in [4.78, 5) is 12.2. The minimum absolute atomic E-state index is 0.217. The molecule has 0 aromatic rings. The Kier molecular flexibility index (Phi) is 11.3. The molecule has 0 saturated heterocycles. The van der Waals surface area contributed by atoms with E-state index in [1.54, 1.807) is 0 Å². The summed E-state index contributed by atoms with van der Waals surface area (Å²) in [5.74, 6) is 0.130. The van der Waals surface area contributed by atoms with E-state index in [1.807, 2.05) is 13.8 Å². The molecule has 0 heterocycles. The number of methoxy groups -OCH3 is 1. The molecule has 164 valence electrons. The average Bonchev–Trinajstić information content (AvgIpc) is 2.64. The fraction of sp³-hybridized carbons (Fsp3) is 0.654. The number of rotatable bonds is 6. The van der Waals surface area contributed by atoms with Crippen molar-refractivity contribution < 1.29 is 14.6 Å². The summed E-state index contributed by atoms with van der Waals surface area (Å²) in [7, 11) is 1.46. The molecule has 1 rings (SSSR count). The molecular formula is C26H42O3. The number of aliphatic hydroxyl groups is 1. The fourth-order valence-electron chi connectivity index (χ4n) is 3.77. The van der Waals surface area contributed by atoms with Crippen LogP contribution >= 0.6 is 0 Å². The van der Waals surface area contributed by atoms with Crippen LogP contribution in [0.5, 0.6) is 0 Å². The lowest BCUT2D eigenvalue weighted by atomic mass is 9.85. The zero-order valence-corrected chi connectivity index (χ0v) is 19.4. The third kappa shape index (κ3) is 11.2. The molecule has 1 aliphatic rings. The zero-order valence-electron chi connectivity index (χ0n) is 19.4. The summed E-state index contributed by atoms with van der Waals surface area (Å²) in [6.45, 7) is 12.5. The van der Waals surface area contributed by atoms with Gasteiger partial charge in [-0.15, -0.1) is 0 Å². The standard InChI is InChI=1S/C26H42O3/c1-20-10-7-11-21(2)15-16-23(22(3)13-9-19-26(4,5)28)17-18-24(14-8-12-20)25(27)29-6/h11-12,18,23,28H,3,7-10,13-17,19H2,1-2,4-6H3/b20-12-,21-11+,24-18-/t23-/m1/s1. The Morgan fingerprint density at radius 3 is 2.38 bits per heavy atom. The van der Waals surface area contributed by atoms with Gasteiger partial charge in [-0.25, -0.2) is 4.79 Å². The SMILES string of the molecule is C=C(CCCC(C)(C)O)[C@H]1C/C=C(\C(=O)OC)CC/C=C(/C)CC/C=C(\C)CC1. The molecule has 0 spiro atoms. The Morgan fingerprint density at radius 1 is 1.14 bits per heavy atom. The first kappa shape index (κ1) is 25.4. The number of hydrogen-bond acceptors (Lipinski definition) is 3. The Hall–Kier alpha value is -1.61. The van der Waals surface area contributed by atoms with Crippen LogP contribution in [0.15, 0.2) is 47.1 Å². The highest BCUT2D eigenvalue weighted by Crippen LogP contribution is 2.29. The normalized spacial score (nSPS) is 25.4. The van der Waals surface area contributed by atoms with E-state index in [0.717, 1.165) is 69.8 Å². The van der Waals surface area contributed by atoms with Gasteiger partial charge in [-0.2, -0.15) is 0 Å². The number of carbonyl (C=O) groups excluding carboxylic acids is 1. The average molecular weight is 403 g/mol. The van der Waals surface area contributed by atoms with Gasteiger partial charge in [0, 0.05) is 5.57 Å². The lowest BCUT2D eigenvalue weighted by molar-refractivity contribution is -0.136. The van der Waals surface area contributed by atoms with Gasteiger partial charge in [0.05, 0.1) is 12.7 Å². The van der Waals surface area contributed by atoms with Crippen molar-refractivity contribution in [1.29, 1.82) is 0 Å². The van der Waals surface area contributed by atoms with Gasteiger partial charge < -0.3 is 9.84 Å². The minimum atomic E-state index is -0.632. The number of carbonyl (C=O) groups is 1. The van der Waals surface area contributed by atoms with Crippen molar-refractivity contribution in [1.82, 2.24) is 0 Å². The van der Waals surface area contributed by atoms with Crippen LogP contribution in [0.25, 0.3) is 0 Å². The predicted octanol–water partition coefficient (Wildman–Crippen LogP) is 6.84. The van der Waals surface area contributed by atoms with Gasteiger partial charge in [0.15, 0.2) is 0 Å². The van der Waals surface area contributed by atoms with Crippen LogP contribution in [0, 0.1) is 5.92 Å². The Balaban J connectivity index is 2.95. The van der Waals surface area contributed by atoms with Crippen LogP contribution < -0.4 is 0 Å². The van der Waals surface area contributed by atoms with E-state index in [-0.39, 0.29) is 5.97 Å². The maximum atomic E-state index is 12.2. The van der Waals surface area contributed by atoms with E-state index in [9.17, 15) is 9.90 Å². The Bertz CT molecular complexity index is 629.